The molecule has 0 atom stereocenters. The minimum atomic E-state index is -0.334. The minimum absolute atomic E-state index is 0.334. The number of aromatic nitrogens is 1. The summed E-state index contributed by atoms with van der Waals surface area (Å²) in [5.41, 5.74) is 13.7. The van der Waals surface area contributed by atoms with Crippen LogP contribution in [0.5, 0.6) is 0 Å². The maximum atomic E-state index is 2.58. The Kier molecular flexibility index (Phi) is 7.24. The molecular formula is C63H41N. The van der Waals surface area contributed by atoms with E-state index in [1.807, 2.05) is 0 Å². The molecule has 1 aromatic heterocycles. The predicted octanol–water partition coefficient (Wildman–Crippen LogP) is 17.3. The highest BCUT2D eigenvalue weighted by atomic mass is 15.0. The van der Waals surface area contributed by atoms with Gasteiger partial charge < -0.3 is 4.57 Å². The second kappa shape index (κ2) is 13.0. The number of hydrogen-bond acceptors (Lipinski definition) is 0. The highest BCUT2D eigenvalue weighted by Crippen LogP contribution is 2.52. The van der Waals surface area contributed by atoms with E-state index in [4.69, 9.17) is 0 Å². The second-order valence-corrected chi connectivity index (χ2v) is 18.4. The molecule has 14 rings (SSSR count). The zero-order valence-electron chi connectivity index (χ0n) is 35.7. The van der Waals surface area contributed by atoms with Crippen molar-refractivity contribution >= 4 is 86.4 Å². The topological polar surface area (TPSA) is 4.93 Å². The van der Waals surface area contributed by atoms with Crippen molar-refractivity contribution in [3.63, 3.8) is 0 Å². The van der Waals surface area contributed by atoms with Gasteiger partial charge in [0.05, 0.1) is 16.7 Å². The quantitative estimate of drug-likeness (QED) is 0.157. The molecule has 12 aromatic carbocycles. The van der Waals surface area contributed by atoms with Gasteiger partial charge in [0.2, 0.25) is 0 Å². The Morgan fingerprint density at radius 3 is 1.11 bits per heavy atom. The fourth-order valence-electron chi connectivity index (χ4n) is 11.7. The molecular weight excluding hydrogens is 771 g/mol. The van der Waals surface area contributed by atoms with Gasteiger partial charge in [-0.25, -0.2) is 0 Å². The molecule has 1 aliphatic rings. The molecule has 0 saturated carbocycles. The lowest BCUT2D eigenvalue weighted by atomic mass is 9.73. The van der Waals surface area contributed by atoms with Crippen LogP contribution < -0.4 is 0 Å². The summed E-state index contributed by atoms with van der Waals surface area (Å²) in [5.74, 6) is 0. The standard InChI is InChI=1S/C63H41N/c1-63(2)55-36-45(60-49-23-11-5-17-40(49)32-41-18-6-12-24-50(41)60)28-30-58(55)64-57-29-27-44(59-47-21-9-3-15-38(47)31-39-16-4-10-22-48(39)59)34-53(57)54-35-46(37-56(63)62(54)64)61-51-25-13-7-19-42(51)33-43-20-8-14-26-52(43)61/h3-37H,1-2H3. The zero-order valence-corrected chi connectivity index (χ0v) is 35.7. The Morgan fingerprint density at radius 1 is 0.297 bits per heavy atom. The summed E-state index contributed by atoms with van der Waals surface area (Å²) >= 11 is 0. The summed E-state index contributed by atoms with van der Waals surface area (Å²) in [7, 11) is 0. The van der Waals surface area contributed by atoms with Crippen LogP contribution in [0.15, 0.2) is 212 Å². The molecule has 0 N–H and O–H groups in total. The number of rotatable bonds is 3. The fraction of sp³-hybridized carbons (Fsp3) is 0.0476. The SMILES string of the molecule is CC1(C)c2cc(-c3c4ccccc4cc4ccccc34)ccc2-n2c3ccc(-c4c5ccccc5cc5ccccc45)cc3c3cc(-c4c5ccccc5cc5ccccc45)cc1c32. The van der Waals surface area contributed by atoms with Crippen LogP contribution in [-0.2, 0) is 5.41 Å². The third kappa shape index (κ3) is 4.90. The van der Waals surface area contributed by atoms with Gasteiger partial charge in [-0.3, -0.25) is 0 Å². The van der Waals surface area contributed by atoms with E-state index < -0.39 is 0 Å². The van der Waals surface area contributed by atoms with E-state index in [1.165, 1.54) is 137 Å². The lowest BCUT2D eigenvalue weighted by Gasteiger charge is -2.35. The smallest absolute Gasteiger partial charge is 0.0582 e. The zero-order chi connectivity index (χ0) is 42.3. The molecule has 0 spiro atoms. The summed E-state index contributed by atoms with van der Waals surface area (Å²) in [6, 6.07) is 79.9. The maximum Gasteiger partial charge on any atom is 0.0582 e. The first-order valence-corrected chi connectivity index (χ1v) is 22.5. The first-order valence-electron chi connectivity index (χ1n) is 22.5. The highest BCUT2D eigenvalue weighted by molar-refractivity contribution is 6.20. The molecule has 0 amide bonds. The molecule has 0 radical (unpaired) electrons. The molecule has 0 unspecified atom stereocenters. The average Bonchev–Trinajstić information content (AvgIpc) is 3.66. The van der Waals surface area contributed by atoms with E-state index in [0.29, 0.717) is 0 Å². The Labute approximate surface area is 371 Å². The molecule has 1 nitrogen and oxygen atoms in total. The Morgan fingerprint density at radius 2 is 0.656 bits per heavy atom. The summed E-state index contributed by atoms with van der Waals surface area (Å²) in [6.45, 7) is 4.90. The molecule has 13 aromatic rings. The van der Waals surface area contributed by atoms with Gasteiger partial charge in [0.25, 0.3) is 0 Å². The van der Waals surface area contributed by atoms with Crippen LogP contribution in [0.1, 0.15) is 25.0 Å². The molecule has 2 heterocycles. The Balaban J connectivity index is 1.11. The van der Waals surface area contributed by atoms with Gasteiger partial charge in [0, 0.05) is 16.2 Å². The van der Waals surface area contributed by atoms with Crippen LogP contribution in [0.25, 0.3) is 126 Å². The van der Waals surface area contributed by atoms with E-state index in [1.54, 1.807) is 0 Å². The van der Waals surface area contributed by atoms with E-state index >= 15 is 0 Å². The summed E-state index contributed by atoms with van der Waals surface area (Å²) < 4.78 is 2.58. The van der Waals surface area contributed by atoms with E-state index in [9.17, 15) is 0 Å². The summed E-state index contributed by atoms with van der Waals surface area (Å²) in [4.78, 5) is 0. The third-order valence-electron chi connectivity index (χ3n) is 14.6. The van der Waals surface area contributed by atoms with Crippen molar-refractivity contribution in [2.45, 2.75) is 19.3 Å². The second-order valence-electron chi connectivity index (χ2n) is 18.4. The largest absolute Gasteiger partial charge is 0.309 e. The number of benzene rings is 12. The van der Waals surface area contributed by atoms with Crippen LogP contribution in [0.3, 0.4) is 0 Å². The van der Waals surface area contributed by atoms with Crippen molar-refractivity contribution in [1.29, 1.82) is 0 Å². The molecule has 298 valence electrons. The molecule has 0 bridgehead atoms. The molecule has 1 aliphatic heterocycles. The fourth-order valence-corrected chi connectivity index (χ4v) is 11.7. The molecule has 64 heavy (non-hydrogen) atoms. The van der Waals surface area contributed by atoms with Crippen molar-refractivity contribution in [2.24, 2.45) is 0 Å². The number of fused-ring (bicyclic) bond motifs is 11. The van der Waals surface area contributed by atoms with Crippen molar-refractivity contribution in [3.05, 3.63) is 223 Å². The highest BCUT2D eigenvalue weighted by Gasteiger charge is 2.37. The van der Waals surface area contributed by atoms with Gasteiger partial charge in [-0.05, 0) is 164 Å². The van der Waals surface area contributed by atoms with Gasteiger partial charge in [0.15, 0.2) is 0 Å². The number of hydrogen-bond donors (Lipinski definition) is 0. The molecule has 0 saturated heterocycles. The van der Waals surface area contributed by atoms with Gasteiger partial charge in [-0.2, -0.15) is 0 Å². The maximum absolute atomic E-state index is 2.58. The summed E-state index contributed by atoms with van der Waals surface area (Å²) in [5, 5.41) is 17.8. The van der Waals surface area contributed by atoms with Crippen LogP contribution in [0.2, 0.25) is 0 Å². The van der Waals surface area contributed by atoms with Gasteiger partial charge in [0.1, 0.15) is 0 Å². The lowest BCUT2D eigenvalue weighted by Crippen LogP contribution is -2.26. The van der Waals surface area contributed by atoms with Crippen LogP contribution in [-0.4, -0.2) is 4.57 Å². The lowest BCUT2D eigenvalue weighted by molar-refractivity contribution is 0.630. The van der Waals surface area contributed by atoms with Gasteiger partial charge in [-0.1, -0.05) is 172 Å². The predicted molar refractivity (Wildman–Crippen MR) is 274 cm³/mol. The summed E-state index contributed by atoms with van der Waals surface area (Å²) in [6.07, 6.45) is 0. The monoisotopic (exact) mass is 811 g/mol. The van der Waals surface area contributed by atoms with Crippen LogP contribution in [0.4, 0.5) is 0 Å². The van der Waals surface area contributed by atoms with Crippen molar-refractivity contribution in [1.82, 2.24) is 4.57 Å². The molecule has 0 fully saturated rings. The van der Waals surface area contributed by atoms with E-state index in [-0.39, 0.29) is 5.41 Å². The Bertz CT molecular complexity index is 4000. The average molecular weight is 812 g/mol. The first kappa shape index (κ1) is 35.6. The van der Waals surface area contributed by atoms with Crippen molar-refractivity contribution in [3.8, 4) is 39.1 Å². The van der Waals surface area contributed by atoms with E-state index in [2.05, 4.69) is 231 Å². The van der Waals surface area contributed by atoms with Gasteiger partial charge >= 0.3 is 0 Å². The normalized spacial score (nSPS) is 13.3. The Hall–Kier alpha value is -8.00. The van der Waals surface area contributed by atoms with Gasteiger partial charge in [-0.15, -0.1) is 0 Å². The van der Waals surface area contributed by atoms with Crippen molar-refractivity contribution in [2.75, 3.05) is 0 Å². The molecule has 0 aliphatic carbocycles. The third-order valence-corrected chi connectivity index (χ3v) is 14.6. The van der Waals surface area contributed by atoms with Crippen LogP contribution >= 0.6 is 0 Å². The number of nitrogens with zero attached hydrogens (tertiary/aromatic N) is 1. The first-order chi connectivity index (χ1) is 31.5. The van der Waals surface area contributed by atoms with Crippen LogP contribution in [0, 0.1) is 0 Å². The molecule has 1 heteroatoms. The van der Waals surface area contributed by atoms with Crippen molar-refractivity contribution < 1.29 is 0 Å². The van der Waals surface area contributed by atoms with E-state index in [0.717, 1.165) is 0 Å². The minimum Gasteiger partial charge on any atom is -0.309 e.